The summed E-state index contributed by atoms with van der Waals surface area (Å²) >= 11 is 0. The molecule has 100 valence electrons. The van der Waals surface area contributed by atoms with Crippen LogP contribution in [0.3, 0.4) is 0 Å². The number of aliphatic carboxylic acids is 1. The summed E-state index contributed by atoms with van der Waals surface area (Å²) in [5.41, 5.74) is 1.87. The third kappa shape index (κ3) is 2.86. The van der Waals surface area contributed by atoms with E-state index in [0.29, 0.717) is 17.0 Å². The van der Waals surface area contributed by atoms with Crippen LogP contribution < -0.4 is 0 Å². The van der Waals surface area contributed by atoms with E-state index in [1.165, 1.54) is 12.1 Å². The summed E-state index contributed by atoms with van der Waals surface area (Å²) in [5, 5.41) is 17.4. The fourth-order valence-electron chi connectivity index (χ4n) is 2.08. The molecule has 1 aromatic carbocycles. The summed E-state index contributed by atoms with van der Waals surface area (Å²) in [6.45, 7) is 3.79. The Kier molecular flexibility index (Phi) is 3.74. The molecule has 0 amide bonds. The monoisotopic (exact) mass is 262 g/mol. The molecule has 4 nitrogen and oxygen atoms in total. The van der Waals surface area contributed by atoms with Gasteiger partial charge in [-0.3, -0.25) is 4.79 Å². The maximum Gasteiger partial charge on any atom is 0.312 e. The van der Waals surface area contributed by atoms with Gasteiger partial charge in [-0.25, -0.2) is 4.39 Å². The van der Waals surface area contributed by atoms with Gasteiger partial charge in [0.1, 0.15) is 11.7 Å². The third-order valence-corrected chi connectivity index (χ3v) is 3.11. The number of benzene rings is 1. The Morgan fingerprint density at radius 2 is 1.95 bits per heavy atom. The molecule has 5 heteroatoms. The van der Waals surface area contributed by atoms with Gasteiger partial charge in [-0.15, -0.1) is 0 Å². The average molecular weight is 262 g/mol. The molecule has 0 aliphatic carbocycles. The van der Waals surface area contributed by atoms with E-state index in [0.717, 1.165) is 0 Å². The van der Waals surface area contributed by atoms with E-state index in [4.69, 9.17) is 0 Å². The van der Waals surface area contributed by atoms with Gasteiger partial charge in [0.15, 0.2) is 0 Å². The first-order chi connectivity index (χ1) is 8.99. The van der Waals surface area contributed by atoms with Crippen molar-refractivity contribution in [2.75, 3.05) is 0 Å². The summed E-state index contributed by atoms with van der Waals surface area (Å²) < 4.78 is 12.9. The highest BCUT2D eigenvalue weighted by Crippen LogP contribution is 2.22. The number of halogens is 1. The van der Waals surface area contributed by atoms with Gasteiger partial charge in [0.05, 0.1) is 11.4 Å². The second-order valence-electron chi connectivity index (χ2n) is 4.83. The van der Waals surface area contributed by atoms with Gasteiger partial charge in [0, 0.05) is 6.42 Å². The number of carbonyl (C=O) groups is 1. The predicted molar refractivity (Wildman–Crippen MR) is 71.0 cm³/mol. The minimum Gasteiger partial charge on any atom is -0.481 e. The quantitative estimate of drug-likeness (QED) is 0.910. The van der Waals surface area contributed by atoms with Gasteiger partial charge < -0.3 is 5.11 Å². The molecule has 1 heterocycles. The van der Waals surface area contributed by atoms with Crippen LogP contribution in [0.1, 0.15) is 25.8 Å². The standard InChI is InChI=1S/C14H15FN2O2/c1-8(2)13-11(14(18)19)7-12(16-17-13)9-3-5-10(15)6-4-9/h3-6,8,11H,7H2,1-2H3,(H,18,19). The fourth-order valence-corrected chi connectivity index (χ4v) is 2.08. The Hall–Kier alpha value is -2.04. The molecular weight excluding hydrogens is 247 g/mol. The highest BCUT2D eigenvalue weighted by Gasteiger charge is 2.31. The lowest BCUT2D eigenvalue weighted by molar-refractivity contribution is -0.139. The SMILES string of the molecule is CC(C)C1=NN=C(c2ccc(F)cc2)CC1C(=O)O. The van der Waals surface area contributed by atoms with E-state index in [1.54, 1.807) is 12.1 Å². The molecule has 2 rings (SSSR count). The first kappa shape index (κ1) is 13.4. The van der Waals surface area contributed by atoms with Gasteiger partial charge in [0.2, 0.25) is 0 Å². The zero-order chi connectivity index (χ0) is 14.0. The Balaban J connectivity index is 2.34. The molecule has 1 unspecified atom stereocenters. The highest BCUT2D eigenvalue weighted by molar-refractivity contribution is 6.11. The number of carboxylic acids is 1. The summed E-state index contributed by atoms with van der Waals surface area (Å²) in [6.07, 6.45) is 0.290. The molecule has 1 aromatic rings. The van der Waals surface area contributed by atoms with Crippen molar-refractivity contribution in [3.8, 4) is 0 Å². The van der Waals surface area contributed by atoms with Gasteiger partial charge in [-0.2, -0.15) is 10.2 Å². The molecule has 0 fully saturated rings. The molecule has 1 N–H and O–H groups in total. The maximum absolute atomic E-state index is 12.9. The van der Waals surface area contributed by atoms with Crippen molar-refractivity contribution >= 4 is 17.4 Å². The zero-order valence-corrected chi connectivity index (χ0v) is 10.8. The summed E-state index contributed by atoms with van der Waals surface area (Å²) in [6, 6.07) is 5.83. The van der Waals surface area contributed by atoms with Crippen LogP contribution in [-0.4, -0.2) is 22.5 Å². The zero-order valence-electron chi connectivity index (χ0n) is 10.8. The van der Waals surface area contributed by atoms with Crippen LogP contribution in [0.5, 0.6) is 0 Å². The number of hydrogen-bond acceptors (Lipinski definition) is 3. The van der Waals surface area contributed by atoms with Crippen LogP contribution in [0, 0.1) is 17.7 Å². The average Bonchev–Trinajstić information content (AvgIpc) is 2.38. The van der Waals surface area contributed by atoms with Gasteiger partial charge >= 0.3 is 5.97 Å². The highest BCUT2D eigenvalue weighted by atomic mass is 19.1. The molecule has 19 heavy (non-hydrogen) atoms. The third-order valence-electron chi connectivity index (χ3n) is 3.11. The van der Waals surface area contributed by atoms with Crippen LogP contribution in [0.15, 0.2) is 34.5 Å². The van der Waals surface area contributed by atoms with Crippen molar-refractivity contribution in [1.29, 1.82) is 0 Å². The van der Waals surface area contributed by atoms with Crippen molar-refractivity contribution < 1.29 is 14.3 Å². The molecule has 1 aliphatic rings. The molecule has 0 saturated heterocycles. The van der Waals surface area contributed by atoms with Crippen LogP contribution in [-0.2, 0) is 4.79 Å². The van der Waals surface area contributed by atoms with Crippen LogP contribution in [0.2, 0.25) is 0 Å². The molecule has 0 saturated carbocycles. The summed E-state index contributed by atoms with van der Waals surface area (Å²) in [4.78, 5) is 11.3. The first-order valence-electron chi connectivity index (χ1n) is 6.12. The molecular formula is C14H15FN2O2. The molecule has 0 aromatic heterocycles. The minimum atomic E-state index is -0.901. The fraction of sp³-hybridized carbons (Fsp3) is 0.357. The van der Waals surface area contributed by atoms with E-state index in [-0.39, 0.29) is 18.2 Å². The molecule has 0 bridgehead atoms. The molecule has 0 spiro atoms. The smallest absolute Gasteiger partial charge is 0.312 e. The Morgan fingerprint density at radius 1 is 1.32 bits per heavy atom. The van der Waals surface area contributed by atoms with Gasteiger partial charge in [-0.05, 0) is 23.6 Å². The minimum absolute atomic E-state index is 0.0413. The number of rotatable bonds is 3. The van der Waals surface area contributed by atoms with Crippen molar-refractivity contribution in [2.45, 2.75) is 20.3 Å². The number of nitrogens with zero attached hydrogens (tertiary/aromatic N) is 2. The van der Waals surface area contributed by atoms with E-state index in [2.05, 4.69) is 10.2 Å². The van der Waals surface area contributed by atoms with E-state index in [9.17, 15) is 14.3 Å². The number of carboxylic acid groups (broad SMARTS) is 1. The Morgan fingerprint density at radius 3 is 2.47 bits per heavy atom. The molecule has 0 radical (unpaired) electrons. The van der Waals surface area contributed by atoms with Gasteiger partial charge in [-0.1, -0.05) is 26.0 Å². The van der Waals surface area contributed by atoms with E-state index in [1.807, 2.05) is 13.8 Å². The lowest BCUT2D eigenvalue weighted by Crippen LogP contribution is -2.32. The molecule has 1 aliphatic heterocycles. The van der Waals surface area contributed by atoms with E-state index >= 15 is 0 Å². The molecule has 1 atom stereocenters. The number of hydrogen-bond donors (Lipinski definition) is 1. The second kappa shape index (κ2) is 5.30. The lowest BCUT2D eigenvalue weighted by atomic mass is 9.87. The Labute approximate surface area is 110 Å². The predicted octanol–water partition coefficient (Wildman–Crippen LogP) is 2.73. The van der Waals surface area contributed by atoms with Crippen molar-refractivity contribution in [2.24, 2.45) is 22.0 Å². The van der Waals surface area contributed by atoms with Crippen LogP contribution in [0.4, 0.5) is 4.39 Å². The normalized spacial score (nSPS) is 19.1. The van der Waals surface area contributed by atoms with Crippen molar-refractivity contribution in [3.63, 3.8) is 0 Å². The summed E-state index contributed by atoms with van der Waals surface area (Å²) in [5.74, 6) is -1.85. The van der Waals surface area contributed by atoms with Crippen molar-refractivity contribution in [1.82, 2.24) is 0 Å². The lowest BCUT2D eigenvalue weighted by Gasteiger charge is -2.21. The largest absolute Gasteiger partial charge is 0.481 e. The van der Waals surface area contributed by atoms with Crippen LogP contribution >= 0.6 is 0 Å². The first-order valence-corrected chi connectivity index (χ1v) is 6.12. The Bertz CT molecular complexity index is 547. The topological polar surface area (TPSA) is 62.0 Å². The van der Waals surface area contributed by atoms with Gasteiger partial charge in [0.25, 0.3) is 0 Å². The van der Waals surface area contributed by atoms with E-state index < -0.39 is 11.9 Å². The second-order valence-corrected chi connectivity index (χ2v) is 4.83. The summed E-state index contributed by atoms with van der Waals surface area (Å²) in [7, 11) is 0. The van der Waals surface area contributed by atoms with Crippen molar-refractivity contribution in [3.05, 3.63) is 35.6 Å². The maximum atomic E-state index is 12.9. The van der Waals surface area contributed by atoms with Crippen LogP contribution in [0.25, 0.3) is 0 Å².